The summed E-state index contributed by atoms with van der Waals surface area (Å²) in [6, 6.07) is 3.54. The summed E-state index contributed by atoms with van der Waals surface area (Å²) >= 11 is 6.10. The van der Waals surface area contributed by atoms with Crippen molar-refractivity contribution in [2.45, 2.75) is 13.8 Å². The molecule has 1 aromatic carbocycles. The molecule has 1 heterocycles. The SMILES string of the molecule is CCN(CC)CCNC(=O)/C=C/c1cc(Cl)c2c(c1)OCO2. The van der Waals surface area contributed by atoms with E-state index >= 15 is 0 Å². The molecule has 0 unspecified atom stereocenters. The van der Waals surface area contributed by atoms with Crippen molar-refractivity contribution in [2.24, 2.45) is 0 Å². The molecule has 1 aliphatic rings. The number of carbonyl (C=O) groups excluding carboxylic acids is 1. The van der Waals surface area contributed by atoms with Gasteiger partial charge in [-0.25, -0.2) is 0 Å². The van der Waals surface area contributed by atoms with Crippen LogP contribution in [0.15, 0.2) is 18.2 Å². The molecule has 1 N–H and O–H groups in total. The van der Waals surface area contributed by atoms with Gasteiger partial charge in [-0.2, -0.15) is 0 Å². The predicted molar refractivity (Wildman–Crippen MR) is 87.4 cm³/mol. The standard InChI is InChI=1S/C16H21ClN2O3/c1-3-19(4-2)8-7-18-15(20)6-5-12-9-13(17)16-14(10-12)21-11-22-16/h5-6,9-10H,3-4,7-8,11H2,1-2H3,(H,18,20)/b6-5+. The molecule has 0 saturated heterocycles. The minimum atomic E-state index is -0.124. The van der Waals surface area contributed by atoms with Gasteiger partial charge in [0.1, 0.15) is 0 Å². The fraction of sp³-hybridized carbons (Fsp3) is 0.438. The molecule has 0 fully saturated rings. The number of fused-ring (bicyclic) bond motifs is 1. The first-order valence-corrected chi connectivity index (χ1v) is 7.79. The molecule has 22 heavy (non-hydrogen) atoms. The first-order valence-electron chi connectivity index (χ1n) is 7.41. The topological polar surface area (TPSA) is 50.8 Å². The Balaban J connectivity index is 1.86. The Labute approximate surface area is 135 Å². The summed E-state index contributed by atoms with van der Waals surface area (Å²) in [5, 5.41) is 3.35. The number of hydrogen-bond donors (Lipinski definition) is 1. The molecule has 1 aromatic rings. The number of rotatable bonds is 7. The average Bonchev–Trinajstić information content (AvgIpc) is 2.98. The smallest absolute Gasteiger partial charge is 0.244 e. The second kappa shape index (κ2) is 8.06. The summed E-state index contributed by atoms with van der Waals surface area (Å²) in [6.45, 7) is 7.84. The lowest BCUT2D eigenvalue weighted by molar-refractivity contribution is -0.116. The first-order chi connectivity index (χ1) is 10.6. The highest BCUT2D eigenvalue weighted by Crippen LogP contribution is 2.39. The van der Waals surface area contributed by atoms with E-state index in [4.69, 9.17) is 21.1 Å². The van der Waals surface area contributed by atoms with Crippen LogP contribution in [0.5, 0.6) is 11.5 Å². The number of carbonyl (C=O) groups is 1. The zero-order chi connectivity index (χ0) is 15.9. The molecule has 0 saturated carbocycles. The van der Waals surface area contributed by atoms with Gasteiger partial charge in [0.25, 0.3) is 0 Å². The minimum Gasteiger partial charge on any atom is -0.454 e. The molecular weight excluding hydrogens is 304 g/mol. The van der Waals surface area contributed by atoms with Gasteiger partial charge in [0, 0.05) is 19.2 Å². The Morgan fingerprint density at radius 1 is 1.36 bits per heavy atom. The number of halogens is 1. The monoisotopic (exact) mass is 324 g/mol. The molecule has 0 bridgehead atoms. The van der Waals surface area contributed by atoms with Crippen LogP contribution < -0.4 is 14.8 Å². The molecule has 6 heteroatoms. The molecule has 0 spiro atoms. The Kier molecular flexibility index (Phi) is 6.10. The number of likely N-dealkylation sites (N-methyl/N-ethyl adjacent to an activating group) is 1. The lowest BCUT2D eigenvalue weighted by Crippen LogP contribution is -2.34. The number of hydrogen-bond acceptors (Lipinski definition) is 4. The summed E-state index contributed by atoms with van der Waals surface area (Å²) in [7, 11) is 0. The predicted octanol–water partition coefficient (Wildman–Crippen LogP) is 2.54. The Morgan fingerprint density at radius 3 is 2.86 bits per heavy atom. The summed E-state index contributed by atoms with van der Waals surface area (Å²) < 4.78 is 10.5. The average molecular weight is 325 g/mol. The van der Waals surface area contributed by atoms with Gasteiger partial charge in [-0.15, -0.1) is 0 Å². The van der Waals surface area contributed by atoms with Gasteiger partial charge in [0.2, 0.25) is 12.7 Å². The quantitative estimate of drug-likeness (QED) is 0.783. The molecule has 0 aromatic heterocycles. The van der Waals surface area contributed by atoms with Crippen LogP contribution >= 0.6 is 11.6 Å². The zero-order valence-electron chi connectivity index (χ0n) is 12.9. The molecular formula is C16H21ClN2O3. The van der Waals surface area contributed by atoms with Crippen LogP contribution in [0.2, 0.25) is 5.02 Å². The van der Waals surface area contributed by atoms with E-state index in [1.165, 1.54) is 6.08 Å². The third-order valence-corrected chi connectivity index (χ3v) is 3.78. The summed E-state index contributed by atoms with van der Waals surface area (Å²) in [4.78, 5) is 14.0. The molecule has 0 aliphatic carbocycles. The van der Waals surface area contributed by atoms with Crippen LogP contribution in [0.25, 0.3) is 6.08 Å². The molecule has 2 rings (SSSR count). The van der Waals surface area contributed by atoms with Crippen molar-refractivity contribution >= 4 is 23.6 Å². The third-order valence-electron chi connectivity index (χ3n) is 3.50. The second-order valence-corrected chi connectivity index (χ2v) is 5.29. The number of amides is 1. The molecule has 5 nitrogen and oxygen atoms in total. The van der Waals surface area contributed by atoms with Gasteiger partial charge < -0.3 is 19.7 Å². The van der Waals surface area contributed by atoms with E-state index in [0.717, 1.165) is 25.2 Å². The maximum Gasteiger partial charge on any atom is 0.244 e. The van der Waals surface area contributed by atoms with Gasteiger partial charge in [0.05, 0.1) is 5.02 Å². The van der Waals surface area contributed by atoms with Crippen molar-refractivity contribution in [3.63, 3.8) is 0 Å². The lowest BCUT2D eigenvalue weighted by atomic mass is 10.2. The highest BCUT2D eigenvalue weighted by atomic mass is 35.5. The van der Waals surface area contributed by atoms with E-state index in [-0.39, 0.29) is 12.7 Å². The lowest BCUT2D eigenvalue weighted by Gasteiger charge is -2.17. The molecule has 120 valence electrons. The minimum absolute atomic E-state index is 0.124. The van der Waals surface area contributed by atoms with E-state index in [1.807, 2.05) is 0 Å². The maximum atomic E-state index is 11.8. The van der Waals surface area contributed by atoms with Gasteiger partial charge in [-0.05, 0) is 36.9 Å². The van der Waals surface area contributed by atoms with E-state index in [1.54, 1.807) is 18.2 Å². The van der Waals surface area contributed by atoms with Crippen LogP contribution in [-0.2, 0) is 4.79 Å². The number of nitrogens with zero attached hydrogens (tertiary/aromatic N) is 1. The zero-order valence-corrected chi connectivity index (χ0v) is 13.7. The van der Waals surface area contributed by atoms with Gasteiger partial charge in [-0.3, -0.25) is 4.79 Å². The molecule has 1 amide bonds. The number of nitrogens with one attached hydrogen (secondary N) is 1. The first kappa shape index (κ1) is 16.6. The van der Waals surface area contributed by atoms with Crippen molar-refractivity contribution in [1.29, 1.82) is 0 Å². The third kappa shape index (κ3) is 4.39. The van der Waals surface area contributed by atoms with Crippen molar-refractivity contribution in [2.75, 3.05) is 33.0 Å². The van der Waals surface area contributed by atoms with Gasteiger partial charge >= 0.3 is 0 Å². The number of ether oxygens (including phenoxy) is 2. The Bertz CT molecular complexity index is 557. The van der Waals surface area contributed by atoms with Crippen molar-refractivity contribution < 1.29 is 14.3 Å². The van der Waals surface area contributed by atoms with Crippen LogP contribution in [0.4, 0.5) is 0 Å². The van der Waals surface area contributed by atoms with E-state index in [2.05, 4.69) is 24.1 Å². The number of benzene rings is 1. The normalized spacial score (nSPS) is 13.1. The molecule has 0 atom stereocenters. The van der Waals surface area contributed by atoms with Gasteiger partial charge in [0.15, 0.2) is 11.5 Å². The summed E-state index contributed by atoms with van der Waals surface area (Å²) in [5.74, 6) is 1.04. The van der Waals surface area contributed by atoms with Crippen molar-refractivity contribution in [1.82, 2.24) is 10.2 Å². The van der Waals surface area contributed by atoms with Crippen LogP contribution in [0.1, 0.15) is 19.4 Å². The van der Waals surface area contributed by atoms with Crippen molar-refractivity contribution in [3.8, 4) is 11.5 Å². The van der Waals surface area contributed by atoms with E-state index in [0.29, 0.717) is 23.1 Å². The Hall–Kier alpha value is -1.72. The summed E-state index contributed by atoms with van der Waals surface area (Å²) in [6.07, 6.45) is 3.21. The summed E-state index contributed by atoms with van der Waals surface area (Å²) in [5.41, 5.74) is 0.799. The highest BCUT2D eigenvalue weighted by molar-refractivity contribution is 6.32. The fourth-order valence-corrected chi connectivity index (χ4v) is 2.47. The van der Waals surface area contributed by atoms with Crippen LogP contribution in [0.3, 0.4) is 0 Å². The Morgan fingerprint density at radius 2 is 2.14 bits per heavy atom. The van der Waals surface area contributed by atoms with Crippen LogP contribution in [-0.4, -0.2) is 43.8 Å². The molecule has 1 aliphatic heterocycles. The van der Waals surface area contributed by atoms with E-state index < -0.39 is 0 Å². The molecule has 0 radical (unpaired) electrons. The van der Waals surface area contributed by atoms with E-state index in [9.17, 15) is 4.79 Å². The van der Waals surface area contributed by atoms with Crippen LogP contribution in [0, 0.1) is 0 Å². The fourth-order valence-electron chi connectivity index (χ4n) is 2.19. The van der Waals surface area contributed by atoms with Gasteiger partial charge in [-0.1, -0.05) is 25.4 Å². The second-order valence-electron chi connectivity index (χ2n) is 4.89. The maximum absolute atomic E-state index is 11.8. The van der Waals surface area contributed by atoms with Crippen molar-refractivity contribution in [3.05, 3.63) is 28.8 Å². The largest absolute Gasteiger partial charge is 0.454 e. The highest BCUT2D eigenvalue weighted by Gasteiger charge is 2.17.